The average Bonchev–Trinajstić information content (AvgIpc) is 2.92. The van der Waals surface area contributed by atoms with Gasteiger partial charge in [0.05, 0.1) is 17.9 Å². The number of rotatable bonds is 4. The smallest absolute Gasteiger partial charge is 0.283 e. The van der Waals surface area contributed by atoms with Gasteiger partial charge in [-0.3, -0.25) is 9.59 Å². The fourth-order valence-electron chi connectivity index (χ4n) is 2.60. The van der Waals surface area contributed by atoms with Gasteiger partial charge < -0.3 is 4.74 Å². The van der Waals surface area contributed by atoms with Gasteiger partial charge in [0.15, 0.2) is 0 Å². The third kappa shape index (κ3) is 3.53. The first-order valence-corrected chi connectivity index (χ1v) is 8.52. The van der Waals surface area contributed by atoms with Crippen LogP contribution in [-0.2, 0) is 4.79 Å². The summed E-state index contributed by atoms with van der Waals surface area (Å²) < 4.78 is 5.58. The van der Waals surface area contributed by atoms with Crippen molar-refractivity contribution in [1.82, 2.24) is 5.01 Å². The third-order valence-electron chi connectivity index (χ3n) is 3.85. The Kier molecular flexibility index (Phi) is 5.19. The number of hydrazone groups is 1. The van der Waals surface area contributed by atoms with E-state index in [1.165, 1.54) is 0 Å². The van der Waals surface area contributed by atoms with Gasteiger partial charge in [-0.15, -0.1) is 0 Å². The molecular formula is C20H17ClN2O3. The Labute approximate surface area is 156 Å². The van der Waals surface area contributed by atoms with Gasteiger partial charge in [0, 0.05) is 16.1 Å². The zero-order valence-electron chi connectivity index (χ0n) is 14.4. The summed E-state index contributed by atoms with van der Waals surface area (Å²) in [7, 11) is 0. The van der Waals surface area contributed by atoms with Gasteiger partial charge in [-0.1, -0.05) is 29.8 Å². The van der Waals surface area contributed by atoms with Crippen LogP contribution >= 0.6 is 11.6 Å². The predicted molar refractivity (Wildman–Crippen MR) is 101 cm³/mol. The molecular weight excluding hydrogens is 352 g/mol. The molecule has 5 nitrogen and oxygen atoms in total. The highest BCUT2D eigenvalue weighted by molar-refractivity contribution is 6.32. The van der Waals surface area contributed by atoms with Crippen molar-refractivity contribution >= 4 is 35.2 Å². The van der Waals surface area contributed by atoms with Gasteiger partial charge in [0.2, 0.25) is 0 Å². The summed E-state index contributed by atoms with van der Waals surface area (Å²) in [6.45, 7) is 4.05. The summed E-state index contributed by atoms with van der Waals surface area (Å²) >= 11 is 6.07. The van der Waals surface area contributed by atoms with Crippen molar-refractivity contribution in [2.75, 3.05) is 6.61 Å². The minimum atomic E-state index is -0.473. The van der Waals surface area contributed by atoms with Crippen LogP contribution in [0.15, 0.2) is 59.2 Å². The second kappa shape index (κ2) is 7.54. The molecule has 3 rings (SSSR count). The highest BCUT2D eigenvalue weighted by Gasteiger charge is 2.33. The first-order valence-electron chi connectivity index (χ1n) is 8.14. The van der Waals surface area contributed by atoms with Gasteiger partial charge in [0.1, 0.15) is 5.75 Å². The molecule has 6 heteroatoms. The van der Waals surface area contributed by atoms with Crippen LogP contribution in [0.2, 0.25) is 5.02 Å². The topological polar surface area (TPSA) is 59.0 Å². The van der Waals surface area contributed by atoms with Crippen molar-refractivity contribution in [3.8, 4) is 5.75 Å². The lowest BCUT2D eigenvalue weighted by molar-refractivity contribution is -0.123. The largest absolute Gasteiger partial charge is 0.493 e. The number of amides is 2. The Morgan fingerprint density at radius 1 is 1.23 bits per heavy atom. The number of carbonyl (C=O) groups excluding carboxylic acids is 2. The van der Waals surface area contributed by atoms with Crippen LogP contribution < -0.4 is 4.74 Å². The van der Waals surface area contributed by atoms with E-state index in [-0.39, 0.29) is 0 Å². The molecule has 2 amide bonds. The molecule has 0 aromatic heterocycles. The summed E-state index contributed by atoms with van der Waals surface area (Å²) in [6, 6.07) is 13.7. The zero-order valence-corrected chi connectivity index (χ0v) is 15.2. The maximum Gasteiger partial charge on any atom is 0.283 e. The van der Waals surface area contributed by atoms with Crippen LogP contribution in [0.1, 0.15) is 29.8 Å². The second-order valence-electron chi connectivity index (χ2n) is 5.65. The van der Waals surface area contributed by atoms with Crippen molar-refractivity contribution < 1.29 is 14.3 Å². The van der Waals surface area contributed by atoms with Gasteiger partial charge >= 0.3 is 0 Å². The first-order chi connectivity index (χ1) is 12.5. The number of imide groups is 1. The van der Waals surface area contributed by atoms with Crippen LogP contribution in [0, 0.1) is 0 Å². The molecule has 1 aliphatic heterocycles. The number of halogens is 1. The van der Waals surface area contributed by atoms with Crippen molar-refractivity contribution in [1.29, 1.82) is 0 Å². The zero-order chi connectivity index (χ0) is 18.7. The van der Waals surface area contributed by atoms with Gasteiger partial charge in [-0.2, -0.15) is 10.1 Å². The second-order valence-corrected chi connectivity index (χ2v) is 6.08. The summed E-state index contributed by atoms with van der Waals surface area (Å²) in [5, 5.41) is 5.55. The van der Waals surface area contributed by atoms with Crippen molar-refractivity contribution in [3.05, 3.63) is 70.3 Å². The lowest BCUT2D eigenvalue weighted by Gasteiger charge is -2.10. The predicted octanol–water partition coefficient (Wildman–Crippen LogP) is 4.18. The summed E-state index contributed by atoms with van der Waals surface area (Å²) in [5.74, 6) is -0.328. The van der Waals surface area contributed by atoms with E-state index in [4.69, 9.17) is 16.3 Å². The Morgan fingerprint density at radius 2 is 1.96 bits per heavy atom. The number of hydrogen-bond donors (Lipinski definition) is 0. The molecule has 2 aromatic rings. The molecule has 26 heavy (non-hydrogen) atoms. The molecule has 0 fully saturated rings. The van der Waals surface area contributed by atoms with Crippen molar-refractivity contribution in [2.24, 2.45) is 5.10 Å². The molecule has 0 radical (unpaired) electrons. The van der Waals surface area contributed by atoms with E-state index in [1.807, 2.05) is 6.92 Å². The van der Waals surface area contributed by atoms with Crippen molar-refractivity contribution in [3.63, 3.8) is 0 Å². The number of ether oxygens (including phenoxy) is 1. The van der Waals surface area contributed by atoms with Crippen LogP contribution in [0.25, 0.3) is 6.08 Å². The molecule has 0 bridgehead atoms. The van der Waals surface area contributed by atoms with E-state index in [1.54, 1.807) is 61.5 Å². The van der Waals surface area contributed by atoms with E-state index >= 15 is 0 Å². The molecule has 0 N–H and O–H groups in total. The van der Waals surface area contributed by atoms with Crippen LogP contribution in [0.5, 0.6) is 5.75 Å². The molecule has 0 saturated heterocycles. The van der Waals surface area contributed by atoms with Crippen molar-refractivity contribution in [2.45, 2.75) is 13.8 Å². The SMILES string of the molecule is CCOc1ccc(Cl)cc1/C=C1/C(=O)N(C(=O)c2ccccc2)N=C1C. The minimum absolute atomic E-state index is 0.331. The molecule has 0 saturated carbocycles. The summed E-state index contributed by atoms with van der Waals surface area (Å²) in [4.78, 5) is 25.3. The van der Waals surface area contributed by atoms with Gasteiger partial charge in [-0.25, -0.2) is 0 Å². The molecule has 1 heterocycles. The lowest BCUT2D eigenvalue weighted by Crippen LogP contribution is -2.29. The van der Waals surface area contributed by atoms with Gasteiger partial charge in [0.25, 0.3) is 11.8 Å². The maximum absolute atomic E-state index is 12.7. The number of hydrogen-bond acceptors (Lipinski definition) is 4. The third-order valence-corrected chi connectivity index (χ3v) is 4.08. The van der Waals surface area contributed by atoms with E-state index in [2.05, 4.69) is 5.10 Å². The van der Waals surface area contributed by atoms with Crippen LogP contribution in [0.4, 0.5) is 0 Å². The molecule has 0 atom stereocenters. The molecule has 0 unspecified atom stereocenters. The van der Waals surface area contributed by atoms with Crippen LogP contribution in [-0.4, -0.2) is 29.1 Å². The summed E-state index contributed by atoms with van der Waals surface area (Å²) in [6.07, 6.45) is 1.65. The Morgan fingerprint density at radius 3 is 2.65 bits per heavy atom. The number of benzene rings is 2. The van der Waals surface area contributed by atoms with E-state index in [0.717, 1.165) is 5.01 Å². The Balaban J connectivity index is 1.95. The van der Waals surface area contributed by atoms with Gasteiger partial charge in [-0.05, 0) is 50.3 Å². The molecule has 0 spiro atoms. The van der Waals surface area contributed by atoms with E-state index < -0.39 is 11.8 Å². The Hall–Kier alpha value is -2.92. The molecule has 2 aromatic carbocycles. The van der Waals surface area contributed by atoms with Crippen LogP contribution in [0.3, 0.4) is 0 Å². The fourth-order valence-corrected chi connectivity index (χ4v) is 2.78. The maximum atomic E-state index is 12.7. The fraction of sp³-hybridized carbons (Fsp3) is 0.150. The molecule has 0 aliphatic carbocycles. The normalized spacial score (nSPS) is 15.3. The molecule has 132 valence electrons. The summed E-state index contributed by atoms with van der Waals surface area (Å²) in [5.41, 5.74) is 1.85. The lowest BCUT2D eigenvalue weighted by atomic mass is 10.1. The number of nitrogens with zero attached hydrogens (tertiary/aromatic N) is 2. The average molecular weight is 369 g/mol. The monoisotopic (exact) mass is 368 g/mol. The minimum Gasteiger partial charge on any atom is -0.493 e. The highest BCUT2D eigenvalue weighted by atomic mass is 35.5. The van der Waals surface area contributed by atoms with E-state index in [0.29, 0.717) is 39.8 Å². The number of carbonyl (C=O) groups is 2. The quantitative estimate of drug-likeness (QED) is 0.600. The van der Waals surface area contributed by atoms with E-state index in [9.17, 15) is 9.59 Å². The first kappa shape index (κ1) is 17.9. The Bertz CT molecular complexity index is 920. The standard InChI is InChI=1S/C20H17ClN2O3/c1-3-26-18-10-9-16(21)11-15(18)12-17-13(2)22-23(20(17)25)19(24)14-7-5-4-6-8-14/h4-12H,3H2,1-2H3/b17-12+. The molecule has 1 aliphatic rings. The highest BCUT2D eigenvalue weighted by Crippen LogP contribution is 2.28.